The molecule has 4 nitrogen and oxygen atoms in total. The number of likely N-dealkylation sites (tertiary alicyclic amines) is 1. The number of carbonyl (C=O) groups is 1. The third kappa shape index (κ3) is 3.72. The van der Waals surface area contributed by atoms with Crippen molar-refractivity contribution in [1.82, 2.24) is 4.90 Å². The van der Waals surface area contributed by atoms with Crippen molar-refractivity contribution >= 4 is 5.97 Å². The van der Waals surface area contributed by atoms with Gasteiger partial charge in [-0.15, -0.1) is 0 Å². The van der Waals surface area contributed by atoms with Crippen molar-refractivity contribution in [3.63, 3.8) is 0 Å². The first-order valence-corrected chi connectivity index (χ1v) is 9.66. The molecular weight excluding hydrogens is 338 g/mol. The number of benzene rings is 2. The van der Waals surface area contributed by atoms with E-state index >= 15 is 0 Å². The van der Waals surface area contributed by atoms with Crippen molar-refractivity contribution in [1.29, 1.82) is 0 Å². The van der Waals surface area contributed by atoms with E-state index in [-0.39, 0.29) is 5.97 Å². The largest absolute Gasteiger partial charge is 0.497 e. The zero-order chi connectivity index (χ0) is 18.9. The minimum absolute atomic E-state index is 0.245. The average Bonchev–Trinajstić information content (AvgIpc) is 3.09. The van der Waals surface area contributed by atoms with Gasteiger partial charge in [0, 0.05) is 13.1 Å². The standard InChI is InChI=1S/C23H27NO3/c1-26-21-7-3-17(4-8-21)15-24-12-11-23(16-24)10-9-18-5-6-19(22(25)27-2)13-20(18)14-23/h3-8,13H,9-12,14-16H2,1-2H3. The normalized spacial score (nSPS) is 21.9. The van der Waals surface area contributed by atoms with Crippen LogP contribution in [0.15, 0.2) is 42.5 Å². The van der Waals surface area contributed by atoms with Gasteiger partial charge in [-0.05, 0) is 78.6 Å². The molecule has 0 saturated carbocycles. The molecule has 1 heterocycles. The number of carbonyl (C=O) groups excluding carboxylic acids is 1. The molecule has 1 fully saturated rings. The Kier molecular flexibility index (Phi) is 4.92. The lowest BCUT2D eigenvalue weighted by Gasteiger charge is -2.35. The van der Waals surface area contributed by atoms with Crippen LogP contribution >= 0.6 is 0 Å². The summed E-state index contributed by atoms with van der Waals surface area (Å²) in [7, 11) is 3.14. The summed E-state index contributed by atoms with van der Waals surface area (Å²) in [6, 6.07) is 14.4. The Morgan fingerprint density at radius 1 is 1.07 bits per heavy atom. The lowest BCUT2D eigenvalue weighted by atomic mass is 9.71. The summed E-state index contributed by atoms with van der Waals surface area (Å²) < 4.78 is 10.1. The molecule has 0 bridgehead atoms. The summed E-state index contributed by atoms with van der Waals surface area (Å²) >= 11 is 0. The maximum atomic E-state index is 11.9. The highest BCUT2D eigenvalue weighted by Crippen LogP contribution is 2.43. The van der Waals surface area contributed by atoms with Crippen molar-refractivity contribution in [3.8, 4) is 5.75 Å². The van der Waals surface area contributed by atoms with Crippen LogP contribution < -0.4 is 4.74 Å². The number of ether oxygens (including phenoxy) is 2. The fraction of sp³-hybridized carbons (Fsp3) is 0.435. The van der Waals surface area contributed by atoms with Crippen molar-refractivity contribution in [2.45, 2.75) is 32.2 Å². The molecule has 142 valence electrons. The highest BCUT2D eigenvalue weighted by Gasteiger charge is 2.40. The molecule has 0 aromatic heterocycles. The number of hydrogen-bond donors (Lipinski definition) is 0. The Hall–Kier alpha value is -2.33. The molecule has 0 radical (unpaired) electrons. The van der Waals surface area contributed by atoms with Gasteiger partial charge in [-0.2, -0.15) is 0 Å². The lowest BCUT2D eigenvalue weighted by Crippen LogP contribution is -2.32. The summed E-state index contributed by atoms with van der Waals surface area (Å²) in [5, 5.41) is 0. The topological polar surface area (TPSA) is 38.8 Å². The Bertz CT molecular complexity index is 830. The van der Waals surface area contributed by atoms with Crippen molar-refractivity contribution in [2.75, 3.05) is 27.3 Å². The predicted octanol–water partition coefficient (Wildman–Crippen LogP) is 3.86. The number of aryl methyl sites for hydroxylation is 1. The number of nitrogens with zero attached hydrogens (tertiary/aromatic N) is 1. The van der Waals surface area contributed by atoms with Crippen LogP contribution in [0.25, 0.3) is 0 Å². The van der Waals surface area contributed by atoms with E-state index in [9.17, 15) is 4.79 Å². The third-order valence-electron chi connectivity index (χ3n) is 6.20. The second-order valence-corrected chi connectivity index (χ2v) is 7.96. The first-order chi connectivity index (χ1) is 13.1. The Balaban J connectivity index is 1.45. The van der Waals surface area contributed by atoms with Gasteiger partial charge in [-0.3, -0.25) is 4.90 Å². The van der Waals surface area contributed by atoms with Gasteiger partial charge in [0.2, 0.25) is 0 Å². The highest BCUT2D eigenvalue weighted by molar-refractivity contribution is 5.89. The molecule has 2 aliphatic rings. The SMILES string of the molecule is COC(=O)c1ccc2c(c1)CC1(CC2)CCN(Cc2ccc(OC)cc2)C1. The number of hydrogen-bond acceptors (Lipinski definition) is 4. The molecule has 1 aliphatic carbocycles. The van der Waals surface area contributed by atoms with Crippen LogP contribution in [0, 0.1) is 5.41 Å². The van der Waals surface area contributed by atoms with Gasteiger partial charge in [0.1, 0.15) is 5.75 Å². The highest BCUT2D eigenvalue weighted by atomic mass is 16.5. The molecule has 1 saturated heterocycles. The quantitative estimate of drug-likeness (QED) is 0.771. The maximum Gasteiger partial charge on any atom is 0.337 e. The van der Waals surface area contributed by atoms with E-state index in [0.29, 0.717) is 11.0 Å². The molecule has 4 heteroatoms. The molecule has 1 aliphatic heterocycles. The van der Waals surface area contributed by atoms with Crippen LogP contribution in [0.2, 0.25) is 0 Å². The molecule has 1 atom stereocenters. The molecule has 4 rings (SSSR count). The first-order valence-electron chi connectivity index (χ1n) is 9.66. The zero-order valence-corrected chi connectivity index (χ0v) is 16.2. The van der Waals surface area contributed by atoms with Crippen molar-refractivity contribution < 1.29 is 14.3 Å². The monoisotopic (exact) mass is 365 g/mol. The van der Waals surface area contributed by atoms with Gasteiger partial charge in [0.05, 0.1) is 19.8 Å². The maximum absolute atomic E-state index is 11.9. The van der Waals surface area contributed by atoms with Gasteiger partial charge in [0.15, 0.2) is 0 Å². The Morgan fingerprint density at radius 3 is 2.63 bits per heavy atom. The van der Waals surface area contributed by atoms with E-state index in [1.165, 1.54) is 36.6 Å². The van der Waals surface area contributed by atoms with E-state index in [0.717, 1.165) is 38.2 Å². The second-order valence-electron chi connectivity index (χ2n) is 7.96. The smallest absolute Gasteiger partial charge is 0.337 e. The van der Waals surface area contributed by atoms with Crippen LogP contribution in [0.4, 0.5) is 0 Å². The lowest BCUT2D eigenvalue weighted by molar-refractivity contribution is 0.0600. The average molecular weight is 365 g/mol. The fourth-order valence-electron chi connectivity index (χ4n) is 4.67. The van der Waals surface area contributed by atoms with Crippen molar-refractivity contribution in [2.24, 2.45) is 5.41 Å². The van der Waals surface area contributed by atoms with Crippen LogP contribution in [0.5, 0.6) is 5.75 Å². The van der Waals surface area contributed by atoms with E-state index in [1.54, 1.807) is 7.11 Å². The molecule has 0 amide bonds. The molecule has 1 spiro atoms. The molecule has 2 aromatic rings. The van der Waals surface area contributed by atoms with E-state index in [4.69, 9.17) is 9.47 Å². The second kappa shape index (κ2) is 7.35. The predicted molar refractivity (Wildman–Crippen MR) is 105 cm³/mol. The number of rotatable bonds is 4. The minimum atomic E-state index is -0.245. The summed E-state index contributed by atoms with van der Waals surface area (Å²) in [5.74, 6) is 0.659. The van der Waals surface area contributed by atoms with E-state index < -0.39 is 0 Å². The number of esters is 1. The van der Waals surface area contributed by atoms with Crippen LogP contribution in [0.1, 0.15) is 39.9 Å². The van der Waals surface area contributed by atoms with Gasteiger partial charge < -0.3 is 9.47 Å². The molecule has 0 N–H and O–H groups in total. The Labute approximate surface area is 161 Å². The fourth-order valence-corrected chi connectivity index (χ4v) is 4.67. The third-order valence-corrected chi connectivity index (χ3v) is 6.20. The summed E-state index contributed by atoms with van der Waals surface area (Å²) in [6.45, 7) is 3.25. The minimum Gasteiger partial charge on any atom is -0.497 e. The summed E-state index contributed by atoms with van der Waals surface area (Å²) in [6.07, 6.45) is 4.63. The van der Waals surface area contributed by atoms with Gasteiger partial charge in [-0.1, -0.05) is 18.2 Å². The Morgan fingerprint density at radius 2 is 1.89 bits per heavy atom. The first kappa shape index (κ1) is 18.1. The molecular formula is C23H27NO3. The summed E-state index contributed by atoms with van der Waals surface area (Å²) in [4.78, 5) is 14.4. The zero-order valence-electron chi connectivity index (χ0n) is 16.2. The number of fused-ring (bicyclic) bond motifs is 1. The van der Waals surface area contributed by atoms with E-state index in [1.807, 2.05) is 24.3 Å². The van der Waals surface area contributed by atoms with Crippen LogP contribution in [-0.4, -0.2) is 38.2 Å². The van der Waals surface area contributed by atoms with Crippen LogP contribution in [-0.2, 0) is 24.1 Å². The van der Waals surface area contributed by atoms with Gasteiger partial charge in [-0.25, -0.2) is 4.79 Å². The van der Waals surface area contributed by atoms with Crippen LogP contribution in [0.3, 0.4) is 0 Å². The molecule has 2 aromatic carbocycles. The van der Waals surface area contributed by atoms with Gasteiger partial charge >= 0.3 is 5.97 Å². The summed E-state index contributed by atoms with van der Waals surface area (Å²) in [5.41, 5.74) is 5.06. The molecule has 1 unspecified atom stereocenters. The molecule has 27 heavy (non-hydrogen) atoms. The van der Waals surface area contributed by atoms with Crippen molar-refractivity contribution in [3.05, 3.63) is 64.7 Å². The number of methoxy groups -OCH3 is 2. The van der Waals surface area contributed by atoms with Gasteiger partial charge in [0.25, 0.3) is 0 Å². The van der Waals surface area contributed by atoms with E-state index in [2.05, 4.69) is 23.1 Å².